The molecule has 0 bridgehead atoms. The lowest BCUT2D eigenvalue weighted by Crippen LogP contribution is -2.18. The van der Waals surface area contributed by atoms with Crippen molar-refractivity contribution in [2.75, 3.05) is 12.4 Å². The number of carbonyl (C=O) groups is 1. The Labute approximate surface area is 122 Å². The number of halogens is 1. The minimum absolute atomic E-state index is 0.200. The lowest BCUT2D eigenvalue weighted by atomic mass is 10.1. The number of aryl methyl sites for hydroxylation is 2. The van der Waals surface area contributed by atoms with Crippen LogP contribution in [0, 0.1) is 13.8 Å². The van der Waals surface area contributed by atoms with E-state index in [-0.39, 0.29) is 5.91 Å². The van der Waals surface area contributed by atoms with Crippen molar-refractivity contribution >= 4 is 23.2 Å². The molecule has 1 aromatic carbocycles. The number of aromatic amines is 1. The van der Waals surface area contributed by atoms with Crippen LogP contribution in [-0.4, -0.2) is 23.2 Å². The van der Waals surface area contributed by atoms with Crippen LogP contribution in [0.25, 0.3) is 0 Å². The third kappa shape index (κ3) is 2.93. The molecule has 0 aliphatic rings. The molecular weight excluding hydrogens is 276 g/mol. The molecular formula is C14H17ClN4O. The molecule has 0 atom stereocenters. The lowest BCUT2D eigenvalue weighted by Gasteiger charge is -2.09. The Morgan fingerprint density at radius 1 is 1.40 bits per heavy atom. The molecule has 0 radical (unpaired) electrons. The zero-order chi connectivity index (χ0) is 14.7. The van der Waals surface area contributed by atoms with Crippen LogP contribution in [0.2, 0.25) is 5.02 Å². The standard InChI is InChI=1S/C14H17ClN4O/c1-8-12(9(2)19-18-8)7-17-10-4-5-13(15)11(6-10)14(20)16-3/h4-6,17H,7H2,1-3H3,(H,16,20)(H,18,19). The number of hydrogen-bond acceptors (Lipinski definition) is 3. The average molecular weight is 293 g/mol. The predicted octanol–water partition coefficient (Wildman–Crippen LogP) is 2.65. The van der Waals surface area contributed by atoms with E-state index in [0.29, 0.717) is 17.1 Å². The molecule has 2 aromatic rings. The van der Waals surface area contributed by atoms with Crippen molar-refractivity contribution in [2.45, 2.75) is 20.4 Å². The molecule has 0 unspecified atom stereocenters. The number of aromatic nitrogens is 2. The minimum Gasteiger partial charge on any atom is -0.381 e. The molecule has 6 heteroatoms. The molecule has 1 amide bonds. The van der Waals surface area contributed by atoms with Gasteiger partial charge in [-0.15, -0.1) is 0 Å². The van der Waals surface area contributed by atoms with Gasteiger partial charge in [0.05, 0.1) is 16.3 Å². The molecule has 0 spiro atoms. The summed E-state index contributed by atoms with van der Waals surface area (Å²) in [6, 6.07) is 5.30. The molecule has 0 aliphatic heterocycles. The number of nitrogens with zero attached hydrogens (tertiary/aromatic N) is 1. The SMILES string of the molecule is CNC(=O)c1cc(NCc2c(C)n[nH]c2C)ccc1Cl. The molecule has 0 saturated heterocycles. The Morgan fingerprint density at radius 3 is 2.75 bits per heavy atom. The topological polar surface area (TPSA) is 69.8 Å². The molecule has 0 aliphatic carbocycles. The highest BCUT2D eigenvalue weighted by atomic mass is 35.5. The zero-order valence-corrected chi connectivity index (χ0v) is 12.4. The highest BCUT2D eigenvalue weighted by Gasteiger charge is 2.10. The average Bonchev–Trinajstić information content (AvgIpc) is 2.76. The van der Waals surface area contributed by atoms with Crippen molar-refractivity contribution in [2.24, 2.45) is 0 Å². The maximum absolute atomic E-state index is 11.7. The van der Waals surface area contributed by atoms with Crippen LogP contribution in [0.3, 0.4) is 0 Å². The summed E-state index contributed by atoms with van der Waals surface area (Å²) in [4.78, 5) is 11.7. The number of carbonyl (C=O) groups excluding carboxylic acids is 1. The van der Waals surface area contributed by atoms with Crippen LogP contribution < -0.4 is 10.6 Å². The second-order valence-electron chi connectivity index (χ2n) is 4.54. The Bertz CT molecular complexity index is 617. The Hall–Kier alpha value is -2.01. The first-order valence-electron chi connectivity index (χ1n) is 6.29. The summed E-state index contributed by atoms with van der Waals surface area (Å²) in [7, 11) is 1.58. The van der Waals surface area contributed by atoms with E-state index < -0.39 is 0 Å². The summed E-state index contributed by atoms with van der Waals surface area (Å²) in [6.45, 7) is 4.58. The highest BCUT2D eigenvalue weighted by Crippen LogP contribution is 2.21. The molecule has 20 heavy (non-hydrogen) atoms. The third-order valence-electron chi connectivity index (χ3n) is 3.19. The monoisotopic (exact) mass is 292 g/mol. The van der Waals surface area contributed by atoms with Crippen molar-refractivity contribution in [3.63, 3.8) is 0 Å². The van der Waals surface area contributed by atoms with Crippen LogP contribution in [0.5, 0.6) is 0 Å². The largest absolute Gasteiger partial charge is 0.381 e. The van der Waals surface area contributed by atoms with Crippen molar-refractivity contribution in [1.29, 1.82) is 0 Å². The summed E-state index contributed by atoms with van der Waals surface area (Å²) < 4.78 is 0. The molecule has 1 heterocycles. The van der Waals surface area contributed by atoms with Crippen molar-refractivity contribution in [3.8, 4) is 0 Å². The van der Waals surface area contributed by atoms with E-state index in [9.17, 15) is 4.79 Å². The molecule has 106 valence electrons. The number of hydrogen-bond donors (Lipinski definition) is 3. The van der Waals surface area contributed by atoms with Gasteiger partial charge in [0.25, 0.3) is 5.91 Å². The van der Waals surface area contributed by atoms with E-state index in [4.69, 9.17) is 11.6 Å². The fourth-order valence-corrected chi connectivity index (χ4v) is 2.17. The van der Waals surface area contributed by atoms with E-state index >= 15 is 0 Å². The van der Waals surface area contributed by atoms with E-state index in [1.807, 2.05) is 19.9 Å². The van der Waals surface area contributed by atoms with Crippen LogP contribution >= 0.6 is 11.6 Å². The second-order valence-corrected chi connectivity index (χ2v) is 4.95. The number of anilines is 1. The third-order valence-corrected chi connectivity index (χ3v) is 3.52. The van der Waals surface area contributed by atoms with Gasteiger partial charge in [-0.05, 0) is 32.0 Å². The Balaban J connectivity index is 2.16. The van der Waals surface area contributed by atoms with E-state index in [0.717, 1.165) is 22.6 Å². The van der Waals surface area contributed by atoms with Crippen molar-refractivity contribution in [3.05, 3.63) is 45.7 Å². The van der Waals surface area contributed by atoms with Gasteiger partial charge in [0.1, 0.15) is 0 Å². The van der Waals surface area contributed by atoms with Gasteiger partial charge >= 0.3 is 0 Å². The van der Waals surface area contributed by atoms with Gasteiger partial charge in [0.15, 0.2) is 0 Å². The van der Waals surface area contributed by atoms with Crippen LogP contribution in [0.4, 0.5) is 5.69 Å². The van der Waals surface area contributed by atoms with Gasteiger partial charge < -0.3 is 10.6 Å². The normalized spacial score (nSPS) is 10.4. The fourth-order valence-electron chi connectivity index (χ4n) is 1.97. The van der Waals surface area contributed by atoms with E-state index in [1.165, 1.54) is 0 Å². The smallest absolute Gasteiger partial charge is 0.252 e. The van der Waals surface area contributed by atoms with E-state index in [2.05, 4.69) is 20.8 Å². The molecule has 2 rings (SSSR count). The highest BCUT2D eigenvalue weighted by molar-refractivity contribution is 6.34. The van der Waals surface area contributed by atoms with Crippen LogP contribution in [-0.2, 0) is 6.54 Å². The second kappa shape index (κ2) is 5.96. The quantitative estimate of drug-likeness (QED) is 0.811. The van der Waals surface area contributed by atoms with Gasteiger partial charge in [-0.25, -0.2) is 0 Å². The van der Waals surface area contributed by atoms with Crippen LogP contribution in [0.15, 0.2) is 18.2 Å². The maximum atomic E-state index is 11.7. The van der Waals surface area contributed by atoms with Gasteiger partial charge in [-0.3, -0.25) is 9.89 Å². The maximum Gasteiger partial charge on any atom is 0.252 e. The number of rotatable bonds is 4. The molecule has 5 nitrogen and oxygen atoms in total. The molecule has 0 saturated carbocycles. The first-order valence-corrected chi connectivity index (χ1v) is 6.66. The van der Waals surface area contributed by atoms with Crippen LogP contribution in [0.1, 0.15) is 27.3 Å². The van der Waals surface area contributed by atoms with Crippen molar-refractivity contribution < 1.29 is 4.79 Å². The first-order chi connectivity index (χ1) is 9.52. The number of nitrogens with one attached hydrogen (secondary N) is 3. The Kier molecular flexibility index (Phi) is 4.29. The van der Waals surface area contributed by atoms with Gasteiger partial charge in [-0.2, -0.15) is 5.10 Å². The first kappa shape index (κ1) is 14.4. The number of benzene rings is 1. The van der Waals surface area contributed by atoms with E-state index in [1.54, 1.807) is 19.2 Å². The Morgan fingerprint density at radius 2 is 2.15 bits per heavy atom. The summed E-state index contributed by atoms with van der Waals surface area (Å²) in [6.07, 6.45) is 0. The predicted molar refractivity (Wildman–Crippen MR) is 80.2 cm³/mol. The zero-order valence-electron chi connectivity index (χ0n) is 11.7. The number of H-pyrrole nitrogens is 1. The summed E-state index contributed by atoms with van der Waals surface area (Å²) in [5.74, 6) is -0.200. The lowest BCUT2D eigenvalue weighted by molar-refractivity contribution is 0.0963. The molecule has 3 N–H and O–H groups in total. The molecule has 1 aromatic heterocycles. The number of amides is 1. The summed E-state index contributed by atoms with van der Waals surface area (Å²) in [5, 5.41) is 13.4. The van der Waals surface area contributed by atoms with Gasteiger partial charge in [-0.1, -0.05) is 11.6 Å². The minimum atomic E-state index is -0.200. The summed E-state index contributed by atoms with van der Waals surface area (Å²) in [5.41, 5.74) is 4.43. The summed E-state index contributed by atoms with van der Waals surface area (Å²) >= 11 is 6.02. The molecule has 0 fully saturated rings. The fraction of sp³-hybridized carbons (Fsp3) is 0.286. The van der Waals surface area contributed by atoms with Gasteiger partial charge in [0.2, 0.25) is 0 Å². The van der Waals surface area contributed by atoms with Gasteiger partial charge in [0, 0.05) is 30.5 Å². The van der Waals surface area contributed by atoms with Crippen molar-refractivity contribution in [1.82, 2.24) is 15.5 Å².